The van der Waals surface area contributed by atoms with Crippen molar-refractivity contribution in [2.24, 2.45) is 5.92 Å². The van der Waals surface area contributed by atoms with Crippen molar-refractivity contribution in [1.82, 2.24) is 10.2 Å². The largest absolute Gasteiger partial charge is 0.311 e. The molecule has 2 rings (SSSR count). The number of hydrogen-bond acceptors (Lipinski definition) is 2. The lowest BCUT2D eigenvalue weighted by molar-refractivity contribution is 0.0317. The molecule has 1 N–H and O–H groups in total. The summed E-state index contributed by atoms with van der Waals surface area (Å²) in [5.74, 6) is 0.634. The van der Waals surface area contributed by atoms with Gasteiger partial charge in [-0.2, -0.15) is 0 Å². The van der Waals surface area contributed by atoms with E-state index in [1.165, 1.54) is 0 Å². The van der Waals surface area contributed by atoms with Crippen LogP contribution in [0.3, 0.4) is 0 Å². The molecule has 1 fully saturated rings. The maximum absolute atomic E-state index is 6.36. The van der Waals surface area contributed by atoms with Gasteiger partial charge in [-0.15, -0.1) is 0 Å². The zero-order valence-corrected chi connectivity index (χ0v) is 14.9. The Labute approximate surface area is 138 Å². The minimum Gasteiger partial charge on any atom is -0.311 e. The Morgan fingerprint density at radius 2 is 2.10 bits per heavy atom. The van der Waals surface area contributed by atoms with Crippen molar-refractivity contribution in [3.63, 3.8) is 0 Å². The normalized spacial score (nSPS) is 27.3. The number of benzene rings is 1. The molecule has 0 spiro atoms. The van der Waals surface area contributed by atoms with Gasteiger partial charge in [0, 0.05) is 41.3 Å². The monoisotopic (exact) mass is 328 g/mol. The second-order valence-corrected chi connectivity index (χ2v) is 7.54. The third kappa shape index (κ3) is 3.92. The molecule has 0 amide bonds. The minimum atomic E-state index is 0.175. The second-order valence-electron chi connectivity index (χ2n) is 6.70. The van der Waals surface area contributed by atoms with Crippen molar-refractivity contribution in [3.05, 3.63) is 33.8 Å². The highest BCUT2D eigenvalue weighted by Gasteiger charge is 2.37. The van der Waals surface area contributed by atoms with Gasteiger partial charge in [0.15, 0.2) is 0 Å². The zero-order chi connectivity index (χ0) is 15.6. The molecule has 1 aliphatic heterocycles. The summed E-state index contributed by atoms with van der Waals surface area (Å²) in [6.07, 6.45) is 1.12. The van der Waals surface area contributed by atoms with Crippen molar-refractivity contribution in [3.8, 4) is 0 Å². The summed E-state index contributed by atoms with van der Waals surface area (Å²) in [6.45, 7) is 12.1. The fraction of sp³-hybridized carbons (Fsp3) is 0.647. The van der Waals surface area contributed by atoms with E-state index in [1.54, 1.807) is 0 Å². The van der Waals surface area contributed by atoms with Gasteiger partial charge in [0.25, 0.3) is 0 Å². The van der Waals surface area contributed by atoms with E-state index in [0.29, 0.717) is 17.0 Å². The average Bonchev–Trinajstić information content (AvgIpc) is 2.43. The molecule has 1 aromatic rings. The highest BCUT2D eigenvalue weighted by atomic mass is 35.5. The van der Waals surface area contributed by atoms with E-state index in [-0.39, 0.29) is 5.54 Å². The van der Waals surface area contributed by atoms with Crippen LogP contribution in [0.2, 0.25) is 10.0 Å². The summed E-state index contributed by atoms with van der Waals surface area (Å²) in [7, 11) is 0. The van der Waals surface area contributed by atoms with Gasteiger partial charge in [0.2, 0.25) is 0 Å². The van der Waals surface area contributed by atoms with Crippen LogP contribution in [0.5, 0.6) is 0 Å². The van der Waals surface area contributed by atoms with Crippen molar-refractivity contribution in [1.29, 1.82) is 0 Å². The number of hydrogen-bond donors (Lipinski definition) is 1. The fourth-order valence-corrected chi connectivity index (χ4v) is 3.36. The van der Waals surface area contributed by atoms with E-state index in [2.05, 4.69) is 37.9 Å². The quantitative estimate of drug-likeness (QED) is 0.869. The number of piperazine rings is 1. The molecule has 1 heterocycles. The molecule has 2 atom stereocenters. The summed E-state index contributed by atoms with van der Waals surface area (Å²) >= 11 is 12.4. The van der Waals surface area contributed by atoms with Gasteiger partial charge in [-0.1, -0.05) is 50.0 Å². The van der Waals surface area contributed by atoms with Crippen LogP contribution < -0.4 is 5.32 Å². The standard InChI is InChI=1S/C17H26Cl2N2/c1-5-17(4)11-20-16(12(2)3)10-21(17)9-13-6-7-14(18)8-15(13)19/h6-8,12,16,20H,5,9-11H2,1-4H3. The van der Waals surface area contributed by atoms with Gasteiger partial charge in [-0.3, -0.25) is 4.90 Å². The van der Waals surface area contributed by atoms with Crippen molar-refractivity contribution in [2.45, 2.75) is 52.2 Å². The van der Waals surface area contributed by atoms with Crippen LogP contribution in [0.25, 0.3) is 0 Å². The first-order valence-corrected chi connectivity index (χ1v) is 8.53. The predicted octanol–water partition coefficient (Wildman–Crippen LogP) is 4.59. The Hall–Kier alpha value is -0.280. The smallest absolute Gasteiger partial charge is 0.0465 e. The van der Waals surface area contributed by atoms with E-state index in [4.69, 9.17) is 23.2 Å². The van der Waals surface area contributed by atoms with E-state index in [0.717, 1.165) is 36.6 Å². The topological polar surface area (TPSA) is 15.3 Å². The number of nitrogens with zero attached hydrogens (tertiary/aromatic N) is 1. The van der Waals surface area contributed by atoms with Gasteiger partial charge in [0.05, 0.1) is 0 Å². The molecule has 21 heavy (non-hydrogen) atoms. The Kier molecular flexibility index (Phi) is 5.59. The third-order valence-corrected chi connectivity index (χ3v) is 5.46. The molecule has 118 valence electrons. The first-order valence-electron chi connectivity index (χ1n) is 7.78. The highest BCUT2D eigenvalue weighted by Crippen LogP contribution is 2.29. The third-order valence-electron chi connectivity index (χ3n) is 4.87. The fourth-order valence-electron chi connectivity index (χ4n) is 2.89. The lowest BCUT2D eigenvalue weighted by atomic mass is 9.89. The molecule has 0 radical (unpaired) electrons. The van der Waals surface area contributed by atoms with E-state index >= 15 is 0 Å². The molecule has 0 aromatic heterocycles. The molecule has 0 bridgehead atoms. The first kappa shape index (κ1) is 17.1. The van der Waals surface area contributed by atoms with Crippen LogP contribution >= 0.6 is 23.2 Å². The number of rotatable bonds is 4. The summed E-state index contributed by atoms with van der Waals surface area (Å²) in [4.78, 5) is 2.57. The Morgan fingerprint density at radius 3 is 2.67 bits per heavy atom. The molecule has 1 saturated heterocycles. The molecule has 1 aromatic carbocycles. The molecular formula is C17H26Cl2N2. The van der Waals surface area contributed by atoms with Crippen LogP contribution in [-0.4, -0.2) is 29.6 Å². The number of halogens is 2. The average molecular weight is 329 g/mol. The van der Waals surface area contributed by atoms with Crippen LogP contribution in [0.4, 0.5) is 0 Å². The Balaban J connectivity index is 2.20. The van der Waals surface area contributed by atoms with Gasteiger partial charge in [-0.25, -0.2) is 0 Å². The van der Waals surface area contributed by atoms with Gasteiger partial charge in [0.1, 0.15) is 0 Å². The maximum atomic E-state index is 6.36. The molecule has 1 aliphatic rings. The van der Waals surface area contributed by atoms with Crippen LogP contribution in [0, 0.1) is 5.92 Å². The van der Waals surface area contributed by atoms with Crippen molar-refractivity contribution in [2.75, 3.05) is 13.1 Å². The van der Waals surface area contributed by atoms with E-state index < -0.39 is 0 Å². The molecule has 0 saturated carbocycles. The van der Waals surface area contributed by atoms with Crippen LogP contribution in [0.1, 0.15) is 39.7 Å². The molecule has 2 unspecified atom stereocenters. The summed E-state index contributed by atoms with van der Waals surface area (Å²) in [5, 5.41) is 5.16. The van der Waals surface area contributed by atoms with Crippen molar-refractivity contribution < 1.29 is 0 Å². The Morgan fingerprint density at radius 1 is 1.38 bits per heavy atom. The SMILES string of the molecule is CCC1(C)CNC(C(C)C)CN1Cc1ccc(Cl)cc1Cl. The van der Waals surface area contributed by atoms with E-state index in [1.807, 2.05) is 18.2 Å². The van der Waals surface area contributed by atoms with Gasteiger partial charge in [-0.05, 0) is 37.0 Å². The second kappa shape index (κ2) is 6.87. The lowest BCUT2D eigenvalue weighted by Gasteiger charge is -2.49. The minimum absolute atomic E-state index is 0.175. The maximum Gasteiger partial charge on any atom is 0.0465 e. The number of nitrogens with one attached hydrogen (secondary N) is 1. The van der Waals surface area contributed by atoms with Gasteiger partial charge >= 0.3 is 0 Å². The molecule has 4 heteroatoms. The van der Waals surface area contributed by atoms with Crippen LogP contribution in [0.15, 0.2) is 18.2 Å². The Bertz CT molecular complexity index is 490. The summed E-state index contributed by atoms with van der Waals surface area (Å²) in [6, 6.07) is 6.35. The summed E-state index contributed by atoms with van der Waals surface area (Å²) in [5.41, 5.74) is 1.33. The molecular weight excluding hydrogens is 303 g/mol. The van der Waals surface area contributed by atoms with E-state index in [9.17, 15) is 0 Å². The zero-order valence-electron chi connectivity index (χ0n) is 13.4. The lowest BCUT2D eigenvalue weighted by Crippen LogP contribution is -2.63. The first-order chi connectivity index (χ1) is 9.85. The van der Waals surface area contributed by atoms with Crippen LogP contribution in [-0.2, 0) is 6.54 Å². The molecule has 0 aliphatic carbocycles. The molecule has 2 nitrogen and oxygen atoms in total. The van der Waals surface area contributed by atoms with Crippen molar-refractivity contribution >= 4 is 23.2 Å². The summed E-state index contributed by atoms with van der Waals surface area (Å²) < 4.78 is 0. The van der Waals surface area contributed by atoms with Gasteiger partial charge < -0.3 is 5.32 Å². The predicted molar refractivity (Wildman–Crippen MR) is 92.2 cm³/mol. The highest BCUT2D eigenvalue weighted by molar-refractivity contribution is 6.35.